The minimum absolute atomic E-state index is 0.203. The van der Waals surface area contributed by atoms with Gasteiger partial charge in [-0.25, -0.2) is 4.52 Å². The van der Waals surface area contributed by atoms with Crippen LogP contribution in [0.5, 0.6) is 0 Å². The van der Waals surface area contributed by atoms with Crippen molar-refractivity contribution < 1.29 is 13.2 Å². The van der Waals surface area contributed by atoms with Crippen LogP contribution in [0, 0.1) is 5.92 Å². The van der Waals surface area contributed by atoms with Crippen LogP contribution in [0.15, 0.2) is 30.6 Å². The summed E-state index contributed by atoms with van der Waals surface area (Å²) in [6, 6.07) is 5.27. The van der Waals surface area contributed by atoms with Gasteiger partial charge in [0.05, 0.1) is 11.4 Å². The molecule has 0 bridgehead atoms. The smallest absolute Gasteiger partial charge is 0.241 e. The molecule has 2 atom stereocenters. The molecule has 0 N–H and O–H groups in total. The first kappa shape index (κ1) is 9.69. The Kier molecular flexibility index (Phi) is 1.81. The van der Waals surface area contributed by atoms with Crippen molar-refractivity contribution in [2.75, 3.05) is 0 Å². The molecule has 0 radical (unpaired) electrons. The summed E-state index contributed by atoms with van der Waals surface area (Å²) in [4.78, 5) is 0. The number of halogens is 3. The highest BCUT2D eigenvalue weighted by Gasteiger charge is 2.56. The molecule has 0 spiro atoms. The lowest BCUT2D eigenvalue weighted by molar-refractivity contribution is -0.148. The van der Waals surface area contributed by atoms with Crippen molar-refractivity contribution in [1.29, 1.82) is 0 Å². The number of hydrogen-bond donors (Lipinski definition) is 0. The van der Waals surface area contributed by atoms with Gasteiger partial charge in [0.15, 0.2) is 0 Å². The number of fused-ring (bicyclic) bond motifs is 1. The van der Waals surface area contributed by atoms with Crippen molar-refractivity contribution >= 4 is 5.52 Å². The zero-order chi connectivity index (χ0) is 11.3. The van der Waals surface area contributed by atoms with E-state index >= 15 is 0 Å². The SMILES string of the molecule is FC(F)(F)[C@H]1C[C@@H]1c1ccnn2cccc12. The topological polar surface area (TPSA) is 17.3 Å². The van der Waals surface area contributed by atoms with Crippen LogP contribution in [0.3, 0.4) is 0 Å². The van der Waals surface area contributed by atoms with Gasteiger partial charge in [-0.3, -0.25) is 0 Å². The Morgan fingerprint density at radius 3 is 2.81 bits per heavy atom. The maximum Gasteiger partial charge on any atom is 0.392 e. The lowest BCUT2D eigenvalue weighted by Crippen LogP contribution is -2.11. The van der Waals surface area contributed by atoms with E-state index in [9.17, 15) is 13.2 Å². The quantitative estimate of drug-likeness (QED) is 0.730. The van der Waals surface area contributed by atoms with Gasteiger partial charge in [-0.15, -0.1) is 0 Å². The highest BCUT2D eigenvalue weighted by molar-refractivity contribution is 5.57. The summed E-state index contributed by atoms with van der Waals surface area (Å²) in [5, 5.41) is 4.03. The minimum Gasteiger partial charge on any atom is -0.241 e. The first-order chi connectivity index (χ1) is 7.57. The van der Waals surface area contributed by atoms with Crippen molar-refractivity contribution in [1.82, 2.24) is 9.61 Å². The molecule has 1 aliphatic carbocycles. The molecule has 2 aromatic rings. The first-order valence-corrected chi connectivity index (χ1v) is 5.06. The van der Waals surface area contributed by atoms with Crippen LogP contribution in [0.4, 0.5) is 13.2 Å². The number of nitrogens with zero attached hydrogens (tertiary/aromatic N) is 2. The van der Waals surface area contributed by atoms with Crippen LogP contribution in [0.25, 0.3) is 5.52 Å². The summed E-state index contributed by atoms with van der Waals surface area (Å²) in [5.41, 5.74) is 1.53. The van der Waals surface area contributed by atoms with Crippen molar-refractivity contribution in [3.63, 3.8) is 0 Å². The van der Waals surface area contributed by atoms with Gasteiger partial charge in [0, 0.05) is 12.4 Å². The summed E-state index contributed by atoms with van der Waals surface area (Å²) in [5.74, 6) is -1.56. The molecule has 0 amide bonds. The fourth-order valence-electron chi connectivity index (χ4n) is 2.19. The Balaban J connectivity index is 2.00. The third-order valence-electron chi connectivity index (χ3n) is 3.08. The van der Waals surface area contributed by atoms with Gasteiger partial charge in [-0.1, -0.05) is 0 Å². The Labute approximate surface area is 89.7 Å². The van der Waals surface area contributed by atoms with Crippen LogP contribution in [0.1, 0.15) is 17.9 Å². The molecule has 84 valence electrons. The zero-order valence-electron chi connectivity index (χ0n) is 8.28. The molecule has 0 aliphatic heterocycles. The molecule has 3 rings (SSSR count). The lowest BCUT2D eigenvalue weighted by Gasteiger charge is -2.06. The Morgan fingerprint density at radius 1 is 1.31 bits per heavy atom. The normalized spacial score (nSPS) is 24.9. The summed E-state index contributed by atoms with van der Waals surface area (Å²) in [7, 11) is 0. The van der Waals surface area contributed by atoms with Gasteiger partial charge in [-0.05, 0) is 36.1 Å². The van der Waals surface area contributed by atoms with E-state index in [0.29, 0.717) is 0 Å². The maximum atomic E-state index is 12.5. The lowest BCUT2D eigenvalue weighted by atomic mass is 10.1. The van der Waals surface area contributed by atoms with Crippen molar-refractivity contribution in [2.24, 2.45) is 5.92 Å². The Morgan fingerprint density at radius 2 is 2.12 bits per heavy atom. The molecular weight excluding hydrogens is 217 g/mol. The van der Waals surface area contributed by atoms with E-state index in [4.69, 9.17) is 0 Å². The summed E-state index contributed by atoms with van der Waals surface area (Å²) >= 11 is 0. The number of alkyl halides is 3. The molecular formula is C11H9F3N2. The van der Waals surface area contributed by atoms with Crippen LogP contribution in [-0.4, -0.2) is 15.8 Å². The predicted octanol–water partition coefficient (Wildman–Crippen LogP) is 3.00. The minimum atomic E-state index is -4.07. The molecule has 2 nitrogen and oxygen atoms in total. The van der Waals surface area contributed by atoms with Gasteiger partial charge < -0.3 is 0 Å². The molecule has 0 aromatic carbocycles. The van der Waals surface area contributed by atoms with Gasteiger partial charge in [-0.2, -0.15) is 18.3 Å². The number of aromatic nitrogens is 2. The van der Waals surface area contributed by atoms with E-state index in [0.717, 1.165) is 11.1 Å². The van der Waals surface area contributed by atoms with Crippen molar-refractivity contribution in [3.8, 4) is 0 Å². The predicted molar refractivity (Wildman–Crippen MR) is 52.1 cm³/mol. The Hall–Kier alpha value is -1.52. The van der Waals surface area contributed by atoms with E-state index in [-0.39, 0.29) is 12.3 Å². The maximum absolute atomic E-state index is 12.5. The number of hydrogen-bond acceptors (Lipinski definition) is 1. The second-order valence-electron chi connectivity index (χ2n) is 4.11. The molecule has 5 heteroatoms. The first-order valence-electron chi connectivity index (χ1n) is 5.06. The van der Waals surface area contributed by atoms with Gasteiger partial charge in [0.2, 0.25) is 0 Å². The van der Waals surface area contributed by atoms with E-state index in [1.807, 2.05) is 0 Å². The molecule has 1 saturated carbocycles. The van der Waals surface area contributed by atoms with Gasteiger partial charge in [0.25, 0.3) is 0 Å². The van der Waals surface area contributed by atoms with E-state index < -0.39 is 12.1 Å². The van der Waals surface area contributed by atoms with E-state index in [1.54, 1.807) is 35.1 Å². The van der Waals surface area contributed by atoms with Crippen LogP contribution >= 0.6 is 0 Å². The van der Waals surface area contributed by atoms with Crippen LogP contribution < -0.4 is 0 Å². The molecule has 16 heavy (non-hydrogen) atoms. The largest absolute Gasteiger partial charge is 0.392 e. The van der Waals surface area contributed by atoms with Gasteiger partial charge >= 0.3 is 6.18 Å². The highest BCUT2D eigenvalue weighted by Crippen LogP contribution is 2.56. The van der Waals surface area contributed by atoms with E-state index in [2.05, 4.69) is 5.10 Å². The Bertz CT molecular complexity index is 529. The molecule has 0 unspecified atom stereocenters. The summed E-state index contributed by atoms with van der Waals surface area (Å²) in [6.45, 7) is 0. The van der Waals surface area contributed by atoms with E-state index in [1.165, 1.54) is 0 Å². The number of rotatable bonds is 1. The zero-order valence-corrected chi connectivity index (χ0v) is 8.28. The third kappa shape index (κ3) is 1.38. The van der Waals surface area contributed by atoms with Crippen LogP contribution in [-0.2, 0) is 0 Å². The fraction of sp³-hybridized carbons (Fsp3) is 0.364. The summed E-state index contributed by atoms with van der Waals surface area (Å²) in [6.07, 6.45) is -0.580. The fourth-order valence-corrected chi connectivity index (χ4v) is 2.19. The molecule has 2 heterocycles. The second kappa shape index (κ2) is 2.99. The highest BCUT2D eigenvalue weighted by atomic mass is 19.4. The standard InChI is InChI=1S/C11H9F3N2/c12-11(13,14)9-6-8(9)7-3-4-15-16-5-1-2-10(7)16/h1-5,8-9H,6H2/t8-,9+/m1/s1. The van der Waals surface area contributed by atoms with Crippen LogP contribution in [0.2, 0.25) is 0 Å². The monoisotopic (exact) mass is 226 g/mol. The molecule has 0 saturated heterocycles. The average molecular weight is 226 g/mol. The van der Waals surface area contributed by atoms with Crippen molar-refractivity contribution in [2.45, 2.75) is 18.5 Å². The van der Waals surface area contributed by atoms with Crippen molar-refractivity contribution in [3.05, 3.63) is 36.2 Å². The molecule has 1 fully saturated rings. The summed E-state index contributed by atoms with van der Waals surface area (Å²) < 4.78 is 39.1. The molecule has 2 aromatic heterocycles. The third-order valence-corrected chi connectivity index (χ3v) is 3.08. The molecule has 1 aliphatic rings. The average Bonchev–Trinajstić information content (AvgIpc) is 2.88. The second-order valence-corrected chi connectivity index (χ2v) is 4.11. The van der Waals surface area contributed by atoms with Gasteiger partial charge in [0.1, 0.15) is 0 Å².